The van der Waals surface area contributed by atoms with E-state index in [0.717, 1.165) is 12.1 Å². The number of hydrogen-bond acceptors (Lipinski definition) is 22. The van der Waals surface area contributed by atoms with Gasteiger partial charge in [0, 0.05) is 35.4 Å². The van der Waals surface area contributed by atoms with Crippen LogP contribution in [0.25, 0.3) is 21.5 Å². The standard InChI is InChI=1S/C44H36N14O11S3/c59-35-30(57-55-27-9-3-1-7-25(27)37(61)62)14-12-22-6-5-11-29(33(22)35)47-41-49-39(51-43(65)53-41)45-16-18-70-71-19-17-46-40-50-42(54-44(66)52-40)48-32-21-24(72(67,68)69)20-23-13-15-31(36(60)34(23)32)58-56-28-10-4-2-8-26(28)38(63)64/h1-15,20-21,59-60H,16-19H2,(H,61,62)(H,63,64)(H,67,68,69)(H3,45,47,49,51,53,65)(H3,46,48,50,52,54,66). The zero-order chi connectivity index (χ0) is 50.9. The number of carboxylic acids is 2. The van der Waals surface area contributed by atoms with Gasteiger partial charge in [0.15, 0.2) is 11.5 Å². The molecule has 366 valence electrons. The van der Waals surface area contributed by atoms with Crippen molar-refractivity contribution in [2.45, 2.75) is 4.90 Å². The van der Waals surface area contributed by atoms with E-state index in [-0.39, 0.29) is 86.4 Å². The number of anilines is 6. The number of carbonyl (C=O) groups is 2. The fraction of sp³-hybridized carbons (Fsp3) is 0.0909. The quantitative estimate of drug-likeness (QED) is 0.0148. The first-order valence-electron chi connectivity index (χ1n) is 20.8. The van der Waals surface area contributed by atoms with Crippen molar-refractivity contribution in [1.82, 2.24) is 29.9 Å². The number of H-pyrrole nitrogens is 2. The maximum Gasteiger partial charge on any atom is 0.351 e. The first kappa shape index (κ1) is 49.4. The Labute approximate surface area is 412 Å². The van der Waals surface area contributed by atoms with Gasteiger partial charge in [-0.15, -0.1) is 20.5 Å². The minimum Gasteiger partial charge on any atom is -0.505 e. The highest BCUT2D eigenvalue weighted by atomic mass is 33.1. The van der Waals surface area contributed by atoms with Crippen molar-refractivity contribution >= 4 is 123 Å². The van der Waals surface area contributed by atoms with Gasteiger partial charge in [0.05, 0.1) is 27.4 Å². The second-order valence-corrected chi connectivity index (χ2v) is 18.9. The number of nitrogens with one attached hydrogen (secondary N) is 6. The van der Waals surface area contributed by atoms with E-state index < -0.39 is 44.1 Å². The van der Waals surface area contributed by atoms with Crippen LogP contribution in [0.15, 0.2) is 138 Å². The Morgan fingerprint density at radius 3 is 1.56 bits per heavy atom. The van der Waals surface area contributed by atoms with E-state index in [1.165, 1.54) is 70.1 Å². The van der Waals surface area contributed by atoms with Gasteiger partial charge in [-0.1, -0.05) is 70.1 Å². The molecule has 0 saturated carbocycles. The van der Waals surface area contributed by atoms with Gasteiger partial charge in [-0.05, 0) is 65.4 Å². The van der Waals surface area contributed by atoms with Crippen LogP contribution in [0.2, 0.25) is 0 Å². The van der Waals surface area contributed by atoms with Gasteiger partial charge in [-0.25, -0.2) is 19.2 Å². The topological polar surface area (TPSA) is 384 Å². The van der Waals surface area contributed by atoms with Gasteiger partial charge in [0.2, 0.25) is 23.8 Å². The molecule has 0 atom stereocenters. The number of aromatic amines is 2. The summed E-state index contributed by atoms with van der Waals surface area (Å²) in [6, 6.07) is 25.0. The summed E-state index contributed by atoms with van der Waals surface area (Å²) < 4.78 is 34.3. The van der Waals surface area contributed by atoms with Crippen LogP contribution in [0, 0.1) is 0 Å². The predicted octanol–water partition coefficient (Wildman–Crippen LogP) is 8.23. The Morgan fingerprint density at radius 1 is 0.569 bits per heavy atom. The average Bonchev–Trinajstić information content (AvgIpc) is 3.34. The molecule has 0 bridgehead atoms. The van der Waals surface area contributed by atoms with Crippen LogP contribution in [-0.2, 0) is 10.1 Å². The number of phenolic OH excluding ortho intramolecular Hbond substituents is 2. The number of fused-ring (bicyclic) bond motifs is 2. The molecule has 28 heteroatoms. The summed E-state index contributed by atoms with van der Waals surface area (Å²) in [7, 11) is -1.83. The van der Waals surface area contributed by atoms with Crippen LogP contribution < -0.4 is 32.6 Å². The zero-order valence-electron chi connectivity index (χ0n) is 36.6. The van der Waals surface area contributed by atoms with Crippen molar-refractivity contribution in [3.63, 3.8) is 0 Å². The first-order valence-corrected chi connectivity index (χ1v) is 24.8. The molecule has 8 aromatic rings. The fourth-order valence-corrected chi connectivity index (χ4v) is 9.15. The summed E-state index contributed by atoms with van der Waals surface area (Å²) in [5, 5.41) is 70.5. The summed E-state index contributed by atoms with van der Waals surface area (Å²) in [6.45, 7) is 0.634. The number of azo groups is 2. The number of carboxylic acid groups (broad SMARTS) is 2. The average molecular weight is 1030 g/mol. The molecule has 0 radical (unpaired) electrons. The van der Waals surface area contributed by atoms with Gasteiger partial charge >= 0.3 is 23.3 Å². The van der Waals surface area contributed by atoms with Gasteiger partial charge in [-0.3, -0.25) is 14.5 Å². The van der Waals surface area contributed by atoms with Crippen molar-refractivity contribution in [2.24, 2.45) is 20.5 Å². The Hall–Kier alpha value is -8.99. The molecule has 0 unspecified atom stereocenters. The summed E-state index contributed by atoms with van der Waals surface area (Å²) in [6.07, 6.45) is 0. The Morgan fingerprint density at radius 2 is 1.04 bits per heavy atom. The molecular weight excluding hydrogens is 997 g/mol. The lowest BCUT2D eigenvalue weighted by atomic mass is 10.1. The molecule has 2 aromatic heterocycles. The summed E-state index contributed by atoms with van der Waals surface area (Å²) in [5.74, 6) is -2.41. The predicted molar refractivity (Wildman–Crippen MR) is 270 cm³/mol. The third-order valence-corrected chi connectivity index (χ3v) is 13.2. The Bertz CT molecular complexity index is 3710. The minimum absolute atomic E-state index is 0.00433. The molecule has 72 heavy (non-hydrogen) atoms. The van der Waals surface area contributed by atoms with Crippen molar-refractivity contribution in [1.29, 1.82) is 0 Å². The van der Waals surface area contributed by atoms with E-state index in [1.807, 2.05) is 0 Å². The number of nitrogens with zero attached hydrogens (tertiary/aromatic N) is 8. The molecule has 0 amide bonds. The van der Waals surface area contributed by atoms with E-state index in [4.69, 9.17) is 0 Å². The molecule has 0 spiro atoms. The molecule has 0 aliphatic heterocycles. The van der Waals surface area contributed by atoms with Gasteiger partial charge in [-0.2, -0.15) is 28.4 Å². The monoisotopic (exact) mass is 1030 g/mol. The highest BCUT2D eigenvalue weighted by molar-refractivity contribution is 8.76. The van der Waals surface area contributed by atoms with Crippen LogP contribution in [0.1, 0.15) is 20.7 Å². The molecule has 0 saturated heterocycles. The highest BCUT2D eigenvalue weighted by Gasteiger charge is 2.20. The van der Waals surface area contributed by atoms with Gasteiger partial charge in [0.1, 0.15) is 22.7 Å². The number of aromatic nitrogens is 6. The molecule has 0 aliphatic rings. The molecular formula is C44H36N14O11S3. The van der Waals surface area contributed by atoms with Crippen LogP contribution in [0.3, 0.4) is 0 Å². The number of aromatic carboxylic acids is 2. The zero-order valence-corrected chi connectivity index (χ0v) is 39.1. The minimum atomic E-state index is -4.77. The Balaban J connectivity index is 0.867. The molecule has 8 rings (SSSR count). The molecule has 11 N–H and O–H groups in total. The van der Waals surface area contributed by atoms with E-state index in [0.29, 0.717) is 34.5 Å². The van der Waals surface area contributed by atoms with Gasteiger partial charge < -0.3 is 41.7 Å². The second kappa shape index (κ2) is 21.8. The lowest BCUT2D eigenvalue weighted by Gasteiger charge is -2.14. The number of aromatic hydroxyl groups is 2. The number of phenols is 2. The SMILES string of the molecule is O=C(O)c1ccccc1N=Nc1ccc2cccc(Nc3nc(NCCSSCCNc4nc(Nc5cc(S(=O)(=O)O)cc6ccc(N=Nc7ccccc7C(=O)O)c(O)c56)[nH]c(=O)n4)nc(=O)[nH]3)c2c1O. The van der Waals surface area contributed by atoms with Gasteiger partial charge in [0.25, 0.3) is 10.1 Å². The lowest BCUT2D eigenvalue weighted by Crippen LogP contribution is -2.19. The largest absolute Gasteiger partial charge is 0.505 e. The molecule has 0 fully saturated rings. The first-order chi connectivity index (χ1) is 34.6. The normalized spacial score (nSPS) is 11.6. The van der Waals surface area contributed by atoms with Crippen LogP contribution in [0.4, 0.5) is 57.9 Å². The summed E-state index contributed by atoms with van der Waals surface area (Å²) in [5.41, 5.74) is -1.44. The van der Waals surface area contributed by atoms with E-state index >= 15 is 0 Å². The molecule has 25 nitrogen and oxygen atoms in total. The van der Waals surface area contributed by atoms with Crippen molar-refractivity contribution in [3.05, 3.63) is 135 Å². The fourth-order valence-electron chi connectivity index (χ4n) is 6.80. The lowest BCUT2D eigenvalue weighted by molar-refractivity contribution is 0.0687. The molecule has 0 aliphatic carbocycles. The van der Waals surface area contributed by atoms with Crippen molar-refractivity contribution in [2.75, 3.05) is 45.9 Å². The van der Waals surface area contributed by atoms with Crippen molar-refractivity contribution < 1.29 is 43.0 Å². The molecule has 2 heterocycles. The third kappa shape index (κ3) is 11.9. The smallest absolute Gasteiger partial charge is 0.351 e. The van der Waals surface area contributed by atoms with E-state index in [1.54, 1.807) is 42.5 Å². The number of rotatable bonds is 20. The van der Waals surface area contributed by atoms with Crippen LogP contribution >= 0.6 is 21.6 Å². The van der Waals surface area contributed by atoms with E-state index in [9.17, 15) is 52.6 Å². The highest BCUT2D eigenvalue weighted by Crippen LogP contribution is 2.43. The number of hydrogen-bond donors (Lipinski definition) is 11. The Kier molecular flexibility index (Phi) is 14.9. The second-order valence-electron chi connectivity index (χ2n) is 14.8. The number of benzene rings is 6. The maximum atomic E-state index is 12.6. The van der Waals surface area contributed by atoms with Crippen LogP contribution in [-0.4, -0.2) is 99.8 Å². The third-order valence-electron chi connectivity index (χ3n) is 9.96. The van der Waals surface area contributed by atoms with Crippen molar-refractivity contribution in [3.8, 4) is 11.5 Å². The maximum absolute atomic E-state index is 12.6. The summed E-state index contributed by atoms with van der Waals surface area (Å²) >= 11 is 0. The summed E-state index contributed by atoms with van der Waals surface area (Å²) in [4.78, 5) is 69.1. The molecule has 6 aromatic carbocycles. The van der Waals surface area contributed by atoms with Crippen LogP contribution in [0.5, 0.6) is 11.5 Å². The van der Waals surface area contributed by atoms with E-state index in [2.05, 4.69) is 71.6 Å².